The van der Waals surface area contributed by atoms with Crippen LogP contribution in [-0.2, 0) is 29.2 Å². The highest BCUT2D eigenvalue weighted by Gasteiger charge is 2.70. The van der Waals surface area contributed by atoms with Gasteiger partial charge in [-0.25, -0.2) is 4.79 Å². The first-order valence-electron chi connectivity index (χ1n) is 15.2. The van der Waals surface area contributed by atoms with Crippen LogP contribution in [0.4, 0.5) is 0 Å². The van der Waals surface area contributed by atoms with Gasteiger partial charge in [-0.15, -0.1) is 0 Å². The molecule has 2 aromatic rings. The third-order valence-corrected chi connectivity index (χ3v) is 15.1. The average molecular weight is 844 g/mol. The molecule has 7 aliphatic rings. The fraction of sp³-hybridized carbons (Fsp3) is 0.531. The Hall–Kier alpha value is -1.78. The van der Waals surface area contributed by atoms with Crippen LogP contribution in [0.25, 0.3) is 0 Å². The average Bonchev–Trinajstić information content (AvgIpc) is 3.57. The molecule has 1 heterocycles. The molecule has 6 saturated carbocycles. The van der Waals surface area contributed by atoms with Crippen LogP contribution >= 0.6 is 45.2 Å². The maximum absolute atomic E-state index is 13.8. The summed E-state index contributed by atoms with van der Waals surface area (Å²) in [5, 5.41) is 0. The SMILES string of the molecule is O=C(OC1C2CC3C1OC(=O)C3C2C(=O)Oc1ccc(S(=O)(=O)O)c(C2C3CC4CC(C3)CC2C4)c1)c1ccc(I)c(I)c1. The van der Waals surface area contributed by atoms with Gasteiger partial charge in [0.05, 0.1) is 22.3 Å². The molecule has 232 valence electrons. The van der Waals surface area contributed by atoms with Gasteiger partial charge >= 0.3 is 17.9 Å². The van der Waals surface area contributed by atoms with E-state index in [1.807, 2.05) is 6.07 Å². The summed E-state index contributed by atoms with van der Waals surface area (Å²) in [6.45, 7) is 0. The zero-order chi connectivity index (χ0) is 30.7. The Morgan fingerprint density at radius 1 is 0.864 bits per heavy atom. The summed E-state index contributed by atoms with van der Waals surface area (Å²) in [7, 11) is -4.50. The lowest BCUT2D eigenvalue weighted by Gasteiger charge is -2.54. The molecule has 6 bridgehead atoms. The molecule has 7 fully saturated rings. The molecule has 0 radical (unpaired) electrons. The van der Waals surface area contributed by atoms with Gasteiger partial charge in [0, 0.05) is 19.0 Å². The highest BCUT2D eigenvalue weighted by Crippen LogP contribution is 2.61. The van der Waals surface area contributed by atoms with Crippen molar-refractivity contribution in [3.63, 3.8) is 0 Å². The van der Waals surface area contributed by atoms with E-state index in [2.05, 4.69) is 45.2 Å². The summed E-state index contributed by atoms with van der Waals surface area (Å²) in [6, 6.07) is 9.57. The van der Waals surface area contributed by atoms with Gasteiger partial charge in [0.15, 0.2) is 0 Å². The molecule has 6 atom stereocenters. The predicted octanol–water partition coefficient (Wildman–Crippen LogP) is 5.62. The molecule has 1 aliphatic heterocycles. The predicted molar refractivity (Wildman–Crippen MR) is 171 cm³/mol. The maximum atomic E-state index is 13.8. The van der Waals surface area contributed by atoms with E-state index in [-0.39, 0.29) is 22.5 Å². The van der Waals surface area contributed by atoms with E-state index in [9.17, 15) is 27.4 Å². The standard InChI is InChI=1S/C32H30I2O9S/c33-22-3-1-15(10-23(22)34)30(35)42-28-20-12-21-27(32(37)43-29(21)28)26(20)31(36)41-18-2-4-24(44(38,39)40)19(11-18)25-16-6-13-5-14(8-16)9-17(25)7-13/h1-4,10-11,13-14,16-17,20-21,25-29H,5-9,12H2,(H,38,39,40). The Balaban J connectivity index is 1.06. The highest BCUT2D eigenvalue weighted by molar-refractivity contribution is 14.1. The second kappa shape index (κ2) is 10.6. The van der Waals surface area contributed by atoms with Gasteiger partial charge in [-0.2, -0.15) is 8.42 Å². The zero-order valence-corrected chi connectivity index (χ0v) is 28.6. The minimum absolute atomic E-state index is 0.0282. The van der Waals surface area contributed by atoms with E-state index < -0.39 is 58.0 Å². The summed E-state index contributed by atoms with van der Waals surface area (Å²) in [5.74, 6) is -1.70. The molecule has 1 N–H and O–H groups in total. The first-order valence-corrected chi connectivity index (χ1v) is 18.8. The Morgan fingerprint density at radius 3 is 2.23 bits per heavy atom. The largest absolute Gasteiger partial charge is 0.458 e. The summed E-state index contributed by atoms with van der Waals surface area (Å²) >= 11 is 4.33. The van der Waals surface area contributed by atoms with Crippen LogP contribution in [-0.4, -0.2) is 43.1 Å². The smallest absolute Gasteiger partial charge is 0.338 e. The number of carbonyl (C=O) groups is 3. The minimum atomic E-state index is -4.50. The molecule has 0 amide bonds. The van der Waals surface area contributed by atoms with Crippen LogP contribution in [0.3, 0.4) is 0 Å². The molecule has 6 unspecified atom stereocenters. The fourth-order valence-electron chi connectivity index (χ4n) is 9.99. The minimum Gasteiger partial charge on any atom is -0.458 e. The van der Waals surface area contributed by atoms with E-state index in [1.54, 1.807) is 18.2 Å². The van der Waals surface area contributed by atoms with E-state index in [1.165, 1.54) is 18.6 Å². The monoisotopic (exact) mass is 844 g/mol. The van der Waals surface area contributed by atoms with Gasteiger partial charge in [-0.1, -0.05) is 0 Å². The van der Waals surface area contributed by atoms with Gasteiger partial charge < -0.3 is 14.2 Å². The lowest BCUT2D eigenvalue weighted by Crippen LogP contribution is -2.44. The Morgan fingerprint density at radius 2 is 1.57 bits per heavy atom. The number of carbonyl (C=O) groups excluding carboxylic acids is 3. The van der Waals surface area contributed by atoms with Gasteiger partial charge in [-0.05, 0) is 155 Å². The molecule has 9 nitrogen and oxygen atoms in total. The molecule has 0 aromatic heterocycles. The van der Waals surface area contributed by atoms with Crippen LogP contribution in [0.5, 0.6) is 5.75 Å². The second-order valence-corrected chi connectivity index (χ2v) is 17.3. The summed E-state index contributed by atoms with van der Waals surface area (Å²) < 4.78 is 54.4. The lowest BCUT2D eigenvalue weighted by molar-refractivity contribution is -0.149. The Kier molecular flexibility index (Phi) is 7.15. The van der Waals surface area contributed by atoms with Gasteiger partial charge in [0.25, 0.3) is 10.1 Å². The zero-order valence-electron chi connectivity index (χ0n) is 23.4. The van der Waals surface area contributed by atoms with E-state index in [0.717, 1.165) is 32.8 Å². The van der Waals surface area contributed by atoms with Crippen LogP contribution in [0.15, 0.2) is 41.3 Å². The lowest BCUT2D eigenvalue weighted by atomic mass is 9.51. The number of hydrogen-bond donors (Lipinski definition) is 1. The van der Waals surface area contributed by atoms with Crippen molar-refractivity contribution < 1.29 is 41.6 Å². The fourth-order valence-corrected chi connectivity index (χ4v) is 11.6. The summed E-state index contributed by atoms with van der Waals surface area (Å²) in [6.07, 6.45) is 4.57. The molecular weight excluding hydrogens is 814 g/mol. The summed E-state index contributed by atoms with van der Waals surface area (Å²) in [5.41, 5.74) is 0.896. The molecule has 9 rings (SSSR count). The number of halogens is 2. The van der Waals surface area contributed by atoms with Crippen LogP contribution < -0.4 is 4.74 Å². The van der Waals surface area contributed by atoms with Crippen molar-refractivity contribution in [2.75, 3.05) is 0 Å². The first kappa shape index (κ1) is 29.6. The van der Waals surface area contributed by atoms with Gasteiger partial charge in [0.2, 0.25) is 0 Å². The highest BCUT2D eigenvalue weighted by atomic mass is 127. The third kappa shape index (κ3) is 4.74. The number of ether oxygens (including phenoxy) is 3. The number of fused-ring (bicyclic) bond motifs is 1. The van der Waals surface area contributed by atoms with Crippen LogP contribution in [0, 0.1) is 54.5 Å². The number of esters is 3. The van der Waals surface area contributed by atoms with E-state index in [4.69, 9.17) is 14.2 Å². The van der Waals surface area contributed by atoms with Crippen molar-refractivity contribution >= 4 is 73.2 Å². The van der Waals surface area contributed by atoms with Crippen LogP contribution in [0.2, 0.25) is 0 Å². The van der Waals surface area contributed by atoms with Crippen molar-refractivity contribution in [1.29, 1.82) is 0 Å². The molecule has 44 heavy (non-hydrogen) atoms. The van der Waals surface area contributed by atoms with Crippen LogP contribution in [0.1, 0.15) is 60.4 Å². The molecule has 12 heteroatoms. The topological polar surface area (TPSA) is 133 Å². The van der Waals surface area contributed by atoms with Crippen molar-refractivity contribution in [2.45, 2.75) is 61.5 Å². The Bertz CT molecular complexity index is 1680. The molecular formula is C32H30I2O9S. The second-order valence-electron chi connectivity index (χ2n) is 13.6. The van der Waals surface area contributed by atoms with Gasteiger partial charge in [0.1, 0.15) is 18.0 Å². The Labute approximate surface area is 282 Å². The molecule has 2 aromatic carbocycles. The van der Waals surface area contributed by atoms with Crippen molar-refractivity contribution in [3.05, 3.63) is 54.7 Å². The molecule has 6 aliphatic carbocycles. The molecule has 0 spiro atoms. The van der Waals surface area contributed by atoms with Crippen molar-refractivity contribution in [3.8, 4) is 5.75 Å². The number of hydrogen-bond acceptors (Lipinski definition) is 8. The number of rotatable bonds is 6. The van der Waals surface area contributed by atoms with Crippen molar-refractivity contribution in [1.82, 2.24) is 0 Å². The quantitative estimate of drug-likeness (QED) is 0.170. The first-order chi connectivity index (χ1) is 21.0. The summed E-state index contributed by atoms with van der Waals surface area (Å²) in [4.78, 5) is 39.7. The molecule has 1 saturated heterocycles. The normalized spacial score (nSPS) is 37.7. The number of benzene rings is 2. The van der Waals surface area contributed by atoms with Crippen molar-refractivity contribution in [2.24, 2.45) is 47.3 Å². The van der Waals surface area contributed by atoms with E-state index >= 15 is 0 Å². The third-order valence-electron chi connectivity index (χ3n) is 11.3. The van der Waals surface area contributed by atoms with Gasteiger partial charge in [-0.3, -0.25) is 14.1 Å². The van der Waals surface area contributed by atoms with E-state index in [0.29, 0.717) is 41.2 Å². The maximum Gasteiger partial charge on any atom is 0.338 e.